The van der Waals surface area contributed by atoms with Crippen LogP contribution in [0.1, 0.15) is 206 Å². The first kappa shape index (κ1) is 71.9. The number of rotatable bonds is 52. The normalized spacial score (nSPS) is 14.3. The van der Waals surface area contributed by atoms with Crippen LogP contribution in [0.15, 0.2) is 146 Å². The molecular formula is C66H108NO8P. The van der Waals surface area contributed by atoms with E-state index in [1.807, 2.05) is 21.1 Å². The van der Waals surface area contributed by atoms with Gasteiger partial charge in [-0.3, -0.25) is 14.2 Å². The van der Waals surface area contributed by atoms with Crippen LogP contribution in [0.4, 0.5) is 0 Å². The molecule has 0 rings (SSSR count). The number of phosphoric acid groups is 1. The minimum absolute atomic E-state index is 0.0437. The van der Waals surface area contributed by atoms with E-state index in [1.165, 1.54) is 32.1 Å². The number of quaternary nitrogens is 1. The lowest BCUT2D eigenvalue weighted by molar-refractivity contribution is -0.870. The zero-order valence-electron chi connectivity index (χ0n) is 48.6. The maximum absolute atomic E-state index is 12.8. The maximum atomic E-state index is 12.8. The number of carbonyl (C=O) groups is 2. The molecule has 0 aromatic rings. The summed E-state index contributed by atoms with van der Waals surface area (Å²) in [5.41, 5.74) is 0. The molecule has 0 aliphatic rings. The molecule has 430 valence electrons. The molecule has 0 fully saturated rings. The van der Waals surface area contributed by atoms with Crippen molar-refractivity contribution in [3.05, 3.63) is 146 Å². The second kappa shape index (κ2) is 55.6. The zero-order valence-corrected chi connectivity index (χ0v) is 49.5. The Labute approximate surface area is 465 Å². The van der Waals surface area contributed by atoms with Crippen molar-refractivity contribution < 1.29 is 42.1 Å². The lowest BCUT2D eigenvalue weighted by atomic mass is 10.1. The maximum Gasteiger partial charge on any atom is 0.306 e. The Balaban J connectivity index is 4.18. The number of phosphoric ester groups is 1. The monoisotopic (exact) mass is 1070 g/mol. The standard InChI is InChI=1S/C66H108NO8P/c1-6-8-10-12-14-16-18-20-21-22-23-24-25-26-27-28-29-30-31-32-33-34-35-36-37-38-39-40-41-42-43-44-45-47-49-51-53-55-57-59-66(69)75-64(63-74-76(70,71)73-61-60-67(3,4)5)62-72-65(68)58-56-54-52-50-48-46-19-17-15-13-11-9-7-2/h8,10,14,16-17,19-21,23-24,26-27,29-30,32-33,35-36,38-39,41-42,44-45,64H,6-7,9,11-13,15,18,22,25,28,31,34,37,40,43,46-63H2,1-5H3/b10-8-,16-14-,19-17-,21-20-,24-23-,27-26-,30-29-,33-32-,36-35-,39-38-,42-41-,45-44-. The van der Waals surface area contributed by atoms with Gasteiger partial charge in [0.1, 0.15) is 19.8 Å². The lowest BCUT2D eigenvalue weighted by Gasteiger charge is -2.28. The number of esters is 2. The molecule has 76 heavy (non-hydrogen) atoms. The van der Waals surface area contributed by atoms with Gasteiger partial charge in [0.2, 0.25) is 0 Å². The Morgan fingerprint density at radius 2 is 0.750 bits per heavy atom. The molecule has 0 N–H and O–H groups in total. The number of carbonyl (C=O) groups excluding carboxylic acids is 2. The van der Waals surface area contributed by atoms with Gasteiger partial charge in [0.25, 0.3) is 7.82 Å². The van der Waals surface area contributed by atoms with Gasteiger partial charge in [-0.1, -0.05) is 217 Å². The summed E-state index contributed by atoms with van der Waals surface area (Å²) < 4.78 is 34.0. The van der Waals surface area contributed by atoms with Gasteiger partial charge in [0, 0.05) is 12.8 Å². The van der Waals surface area contributed by atoms with Gasteiger partial charge in [0.05, 0.1) is 27.7 Å². The molecule has 10 heteroatoms. The topological polar surface area (TPSA) is 111 Å². The van der Waals surface area contributed by atoms with Gasteiger partial charge in [-0.2, -0.15) is 0 Å². The van der Waals surface area contributed by atoms with Crippen molar-refractivity contribution in [2.24, 2.45) is 0 Å². The third-order valence-electron chi connectivity index (χ3n) is 11.8. The summed E-state index contributed by atoms with van der Waals surface area (Å²) in [5, 5.41) is 0. The van der Waals surface area contributed by atoms with Crippen LogP contribution in [0, 0.1) is 0 Å². The molecule has 2 atom stereocenters. The summed E-state index contributed by atoms with van der Waals surface area (Å²) in [5.74, 6) is -0.878. The van der Waals surface area contributed by atoms with E-state index in [-0.39, 0.29) is 26.1 Å². The summed E-state index contributed by atoms with van der Waals surface area (Å²) in [6.07, 6.45) is 81.9. The second-order valence-electron chi connectivity index (χ2n) is 20.3. The van der Waals surface area contributed by atoms with Crippen molar-refractivity contribution in [1.29, 1.82) is 0 Å². The van der Waals surface area contributed by atoms with Crippen molar-refractivity contribution in [3.8, 4) is 0 Å². The highest BCUT2D eigenvalue weighted by molar-refractivity contribution is 7.45. The summed E-state index contributed by atoms with van der Waals surface area (Å²) in [4.78, 5) is 37.8. The summed E-state index contributed by atoms with van der Waals surface area (Å²) in [6, 6.07) is 0. The van der Waals surface area contributed by atoms with E-state index in [2.05, 4.69) is 160 Å². The van der Waals surface area contributed by atoms with Gasteiger partial charge < -0.3 is 27.9 Å². The predicted octanol–water partition coefficient (Wildman–Crippen LogP) is 18.1. The molecule has 0 aliphatic carbocycles. The SMILES string of the molecule is CC/C=C\C/C=C\C/C=C\C/C=C\C/C=C\C/C=C\C/C=C\C/C=C\C/C=C\C/C=C\C/C=C\CCCCCCCC(=O)OC(COC(=O)CCCCCCC/C=C\CCCCCC)COP(=O)([O-])OCC[N+](C)(C)C. The van der Waals surface area contributed by atoms with Crippen LogP contribution < -0.4 is 4.89 Å². The summed E-state index contributed by atoms with van der Waals surface area (Å²) in [6.45, 7) is 4.04. The Kier molecular flexibility index (Phi) is 52.6. The smallest absolute Gasteiger partial charge is 0.306 e. The third-order valence-corrected chi connectivity index (χ3v) is 12.8. The zero-order chi connectivity index (χ0) is 55.6. The molecule has 0 saturated heterocycles. The number of unbranched alkanes of at least 4 members (excludes halogenated alkanes) is 14. The minimum atomic E-state index is -4.65. The van der Waals surface area contributed by atoms with Crippen molar-refractivity contribution in [3.63, 3.8) is 0 Å². The average Bonchev–Trinajstić information content (AvgIpc) is 3.38. The van der Waals surface area contributed by atoms with Crippen LogP contribution in [-0.2, 0) is 32.7 Å². The van der Waals surface area contributed by atoms with E-state index in [0.29, 0.717) is 23.9 Å². The lowest BCUT2D eigenvalue weighted by Crippen LogP contribution is -2.37. The number of ether oxygens (including phenoxy) is 2. The van der Waals surface area contributed by atoms with Crippen LogP contribution in [0.25, 0.3) is 0 Å². The van der Waals surface area contributed by atoms with E-state index in [9.17, 15) is 19.0 Å². The molecule has 0 bridgehead atoms. The Morgan fingerprint density at radius 3 is 1.13 bits per heavy atom. The first-order chi connectivity index (χ1) is 37.0. The van der Waals surface area contributed by atoms with Crippen molar-refractivity contribution in [1.82, 2.24) is 0 Å². The first-order valence-corrected chi connectivity index (χ1v) is 31.0. The fourth-order valence-corrected chi connectivity index (χ4v) is 8.03. The third kappa shape index (κ3) is 59.1. The van der Waals surface area contributed by atoms with E-state index in [4.69, 9.17) is 18.5 Å². The van der Waals surface area contributed by atoms with Gasteiger partial charge >= 0.3 is 11.9 Å². The highest BCUT2D eigenvalue weighted by atomic mass is 31.2. The highest BCUT2D eigenvalue weighted by Gasteiger charge is 2.21. The van der Waals surface area contributed by atoms with Crippen LogP contribution in [0.3, 0.4) is 0 Å². The van der Waals surface area contributed by atoms with Crippen molar-refractivity contribution in [2.45, 2.75) is 213 Å². The Morgan fingerprint density at radius 1 is 0.421 bits per heavy atom. The molecule has 0 spiro atoms. The van der Waals surface area contributed by atoms with Gasteiger partial charge in [-0.05, 0) is 122 Å². The molecule has 0 aromatic heterocycles. The van der Waals surface area contributed by atoms with Crippen LogP contribution in [0.5, 0.6) is 0 Å². The molecule has 0 saturated carbocycles. The van der Waals surface area contributed by atoms with E-state index in [0.717, 1.165) is 135 Å². The molecule has 0 aliphatic heterocycles. The Hall–Kier alpha value is -4.11. The second-order valence-corrected chi connectivity index (χ2v) is 21.7. The molecule has 0 aromatic carbocycles. The van der Waals surface area contributed by atoms with Gasteiger partial charge in [0.15, 0.2) is 6.10 Å². The molecule has 2 unspecified atom stereocenters. The van der Waals surface area contributed by atoms with E-state index in [1.54, 1.807) is 0 Å². The van der Waals surface area contributed by atoms with Crippen LogP contribution in [-0.4, -0.2) is 70.0 Å². The average molecular weight is 1070 g/mol. The number of allylic oxidation sites excluding steroid dienone is 24. The minimum Gasteiger partial charge on any atom is -0.756 e. The molecular weight excluding hydrogens is 966 g/mol. The Bertz CT molecular complexity index is 1790. The van der Waals surface area contributed by atoms with Gasteiger partial charge in [-0.25, -0.2) is 0 Å². The van der Waals surface area contributed by atoms with Gasteiger partial charge in [-0.15, -0.1) is 0 Å². The first-order valence-electron chi connectivity index (χ1n) is 29.5. The number of hydrogen-bond acceptors (Lipinski definition) is 8. The van der Waals surface area contributed by atoms with E-state index < -0.39 is 32.5 Å². The fourth-order valence-electron chi connectivity index (χ4n) is 7.30. The van der Waals surface area contributed by atoms with Crippen molar-refractivity contribution in [2.75, 3.05) is 47.5 Å². The molecule has 9 nitrogen and oxygen atoms in total. The largest absolute Gasteiger partial charge is 0.756 e. The van der Waals surface area contributed by atoms with Crippen LogP contribution >= 0.6 is 7.82 Å². The fraction of sp³-hybridized carbons (Fsp3) is 0.606. The predicted molar refractivity (Wildman–Crippen MR) is 323 cm³/mol. The molecule has 0 radical (unpaired) electrons. The number of nitrogens with zero attached hydrogens (tertiary/aromatic N) is 1. The summed E-state index contributed by atoms with van der Waals surface area (Å²) >= 11 is 0. The van der Waals surface area contributed by atoms with E-state index >= 15 is 0 Å². The number of hydrogen-bond donors (Lipinski definition) is 0. The van der Waals surface area contributed by atoms with Crippen molar-refractivity contribution >= 4 is 19.8 Å². The molecule has 0 amide bonds. The molecule has 0 heterocycles. The quantitative estimate of drug-likeness (QED) is 0.0195. The van der Waals surface area contributed by atoms with Crippen LogP contribution in [0.2, 0.25) is 0 Å². The number of likely N-dealkylation sites (N-methyl/N-ethyl adjacent to an activating group) is 1. The highest BCUT2D eigenvalue weighted by Crippen LogP contribution is 2.38. The summed E-state index contributed by atoms with van der Waals surface area (Å²) in [7, 11) is 1.13.